The van der Waals surface area contributed by atoms with Gasteiger partial charge in [-0.25, -0.2) is 12.8 Å². The molecule has 0 aliphatic carbocycles. The van der Waals surface area contributed by atoms with E-state index in [9.17, 15) is 17.6 Å². The SMILES string of the molecule is CS(=O)(=O)Nc1ccc(C(=O)NCCc2nn[nH]n2)cc1F. The molecule has 22 heavy (non-hydrogen) atoms. The molecule has 1 aromatic carbocycles. The number of amides is 1. The first-order valence-corrected chi connectivity index (χ1v) is 8.02. The molecule has 0 spiro atoms. The maximum absolute atomic E-state index is 13.7. The summed E-state index contributed by atoms with van der Waals surface area (Å²) in [6, 6.07) is 3.46. The third kappa shape index (κ3) is 4.48. The smallest absolute Gasteiger partial charge is 0.251 e. The molecule has 0 saturated heterocycles. The Balaban J connectivity index is 1.97. The van der Waals surface area contributed by atoms with Crippen molar-refractivity contribution in [3.63, 3.8) is 0 Å². The number of benzene rings is 1. The zero-order chi connectivity index (χ0) is 16.2. The van der Waals surface area contributed by atoms with Crippen molar-refractivity contribution < 1.29 is 17.6 Å². The highest BCUT2D eigenvalue weighted by molar-refractivity contribution is 7.92. The summed E-state index contributed by atoms with van der Waals surface area (Å²) in [6.45, 7) is 0.253. The van der Waals surface area contributed by atoms with Gasteiger partial charge in [-0.15, -0.1) is 10.2 Å². The van der Waals surface area contributed by atoms with Gasteiger partial charge in [0.2, 0.25) is 10.0 Å². The minimum atomic E-state index is -3.59. The van der Waals surface area contributed by atoms with E-state index in [1.54, 1.807) is 0 Å². The number of aromatic amines is 1. The summed E-state index contributed by atoms with van der Waals surface area (Å²) in [5, 5.41) is 15.7. The first kappa shape index (κ1) is 15.8. The Morgan fingerprint density at radius 1 is 1.41 bits per heavy atom. The van der Waals surface area contributed by atoms with Gasteiger partial charge in [-0.05, 0) is 18.2 Å². The second-order valence-corrected chi connectivity index (χ2v) is 6.15. The van der Waals surface area contributed by atoms with Gasteiger partial charge in [0.15, 0.2) is 5.82 Å². The van der Waals surface area contributed by atoms with E-state index in [0.717, 1.165) is 12.3 Å². The van der Waals surface area contributed by atoms with Gasteiger partial charge in [0.25, 0.3) is 5.91 Å². The molecule has 3 N–H and O–H groups in total. The standard InChI is InChI=1S/C11H13FN6O3S/c1-22(20,21)16-9-3-2-7(6-8(9)12)11(19)13-5-4-10-14-17-18-15-10/h2-3,6,16H,4-5H2,1H3,(H,13,19)(H,14,15,17,18). The molecular weight excluding hydrogens is 315 g/mol. The maximum atomic E-state index is 13.7. The highest BCUT2D eigenvalue weighted by Crippen LogP contribution is 2.16. The molecule has 9 nitrogen and oxygen atoms in total. The van der Waals surface area contributed by atoms with E-state index >= 15 is 0 Å². The molecule has 0 atom stereocenters. The van der Waals surface area contributed by atoms with Crippen LogP contribution >= 0.6 is 0 Å². The van der Waals surface area contributed by atoms with Gasteiger partial charge in [-0.1, -0.05) is 5.21 Å². The fraction of sp³-hybridized carbons (Fsp3) is 0.273. The number of rotatable bonds is 6. The van der Waals surface area contributed by atoms with Gasteiger partial charge in [0.05, 0.1) is 11.9 Å². The average Bonchev–Trinajstić information content (AvgIpc) is 2.92. The van der Waals surface area contributed by atoms with E-state index in [2.05, 4.69) is 25.9 Å². The number of carbonyl (C=O) groups is 1. The molecule has 0 radical (unpaired) electrons. The van der Waals surface area contributed by atoms with E-state index in [1.807, 2.05) is 4.72 Å². The van der Waals surface area contributed by atoms with Gasteiger partial charge in [-0.2, -0.15) is 5.21 Å². The fourth-order valence-corrected chi connectivity index (χ4v) is 2.18. The van der Waals surface area contributed by atoms with Crippen LogP contribution in [0, 0.1) is 5.82 Å². The predicted octanol–water partition coefficient (Wildman–Crippen LogP) is -0.317. The molecule has 0 bridgehead atoms. The van der Waals surface area contributed by atoms with E-state index in [4.69, 9.17) is 0 Å². The van der Waals surface area contributed by atoms with Gasteiger partial charge in [0, 0.05) is 18.5 Å². The van der Waals surface area contributed by atoms with Gasteiger partial charge >= 0.3 is 0 Å². The fourth-order valence-electron chi connectivity index (χ4n) is 1.62. The van der Waals surface area contributed by atoms with E-state index in [0.29, 0.717) is 12.2 Å². The zero-order valence-corrected chi connectivity index (χ0v) is 12.3. The molecule has 0 aliphatic heterocycles. The number of nitrogens with one attached hydrogen (secondary N) is 3. The van der Waals surface area contributed by atoms with Crippen LogP contribution in [0.2, 0.25) is 0 Å². The molecular formula is C11H13FN6O3S. The second-order valence-electron chi connectivity index (χ2n) is 4.40. The van der Waals surface area contributed by atoms with Gasteiger partial charge in [0.1, 0.15) is 5.82 Å². The molecule has 2 rings (SSSR count). The zero-order valence-electron chi connectivity index (χ0n) is 11.5. The molecule has 1 amide bonds. The van der Waals surface area contributed by atoms with Crippen molar-refractivity contribution in [3.05, 3.63) is 35.4 Å². The van der Waals surface area contributed by atoms with Crippen molar-refractivity contribution in [1.82, 2.24) is 25.9 Å². The van der Waals surface area contributed by atoms with E-state index in [1.165, 1.54) is 12.1 Å². The van der Waals surface area contributed by atoms with Crippen LogP contribution in [0.15, 0.2) is 18.2 Å². The van der Waals surface area contributed by atoms with Crippen molar-refractivity contribution in [2.24, 2.45) is 0 Å². The monoisotopic (exact) mass is 328 g/mol. The number of nitrogens with zero attached hydrogens (tertiary/aromatic N) is 3. The van der Waals surface area contributed by atoms with Crippen LogP contribution in [0.5, 0.6) is 0 Å². The first-order valence-electron chi connectivity index (χ1n) is 6.13. The number of anilines is 1. The number of H-pyrrole nitrogens is 1. The number of hydrogen-bond donors (Lipinski definition) is 3. The van der Waals surface area contributed by atoms with Crippen LogP contribution in [-0.2, 0) is 16.4 Å². The number of carbonyl (C=O) groups excluding carboxylic acids is 1. The van der Waals surface area contributed by atoms with Crippen LogP contribution < -0.4 is 10.0 Å². The Morgan fingerprint density at radius 3 is 2.77 bits per heavy atom. The summed E-state index contributed by atoms with van der Waals surface area (Å²) >= 11 is 0. The number of halogens is 1. The third-order valence-corrected chi connectivity index (χ3v) is 3.14. The van der Waals surface area contributed by atoms with E-state index < -0.39 is 21.7 Å². The lowest BCUT2D eigenvalue weighted by Crippen LogP contribution is -2.26. The van der Waals surface area contributed by atoms with Gasteiger partial charge < -0.3 is 5.32 Å². The lowest BCUT2D eigenvalue weighted by atomic mass is 10.2. The Hall–Kier alpha value is -2.56. The van der Waals surface area contributed by atoms with Crippen LogP contribution in [0.3, 0.4) is 0 Å². The Morgan fingerprint density at radius 2 is 2.18 bits per heavy atom. The van der Waals surface area contributed by atoms with Crippen molar-refractivity contribution >= 4 is 21.6 Å². The Labute approximate surface area is 125 Å². The van der Waals surface area contributed by atoms with Crippen molar-refractivity contribution in [2.45, 2.75) is 6.42 Å². The van der Waals surface area contributed by atoms with Crippen LogP contribution in [0.4, 0.5) is 10.1 Å². The maximum Gasteiger partial charge on any atom is 0.251 e. The summed E-state index contributed by atoms with van der Waals surface area (Å²) in [5.74, 6) is -0.885. The van der Waals surface area contributed by atoms with Crippen molar-refractivity contribution in [3.8, 4) is 0 Å². The number of hydrogen-bond acceptors (Lipinski definition) is 6. The lowest BCUT2D eigenvalue weighted by molar-refractivity contribution is 0.0953. The minimum absolute atomic E-state index is 0.0738. The lowest BCUT2D eigenvalue weighted by Gasteiger charge is -2.08. The molecule has 0 aliphatic rings. The second kappa shape index (κ2) is 6.47. The normalized spacial score (nSPS) is 11.2. The molecule has 11 heteroatoms. The number of tetrazole rings is 1. The molecule has 0 fully saturated rings. The average molecular weight is 328 g/mol. The van der Waals surface area contributed by atoms with Gasteiger partial charge in [-0.3, -0.25) is 9.52 Å². The Kier molecular flexibility index (Phi) is 4.65. The Bertz CT molecular complexity index is 762. The van der Waals surface area contributed by atoms with E-state index in [-0.39, 0.29) is 17.8 Å². The topological polar surface area (TPSA) is 130 Å². The molecule has 1 aromatic heterocycles. The summed E-state index contributed by atoms with van der Waals surface area (Å²) in [5.41, 5.74) is -0.143. The molecule has 2 aromatic rings. The van der Waals surface area contributed by atoms with Crippen molar-refractivity contribution in [2.75, 3.05) is 17.5 Å². The minimum Gasteiger partial charge on any atom is -0.352 e. The summed E-state index contributed by atoms with van der Waals surface area (Å²) in [6.07, 6.45) is 1.28. The molecule has 0 saturated carbocycles. The highest BCUT2D eigenvalue weighted by atomic mass is 32.2. The number of aromatic nitrogens is 4. The third-order valence-electron chi connectivity index (χ3n) is 2.55. The molecule has 118 valence electrons. The summed E-state index contributed by atoms with van der Waals surface area (Å²) in [4.78, 5) is 11.8. The largest absolute Gasteiger partial charge is 0.352 e. The first-order chi connectivity index (χ1) is 10.3. The highest BCUT2D eigenvalue weighted by Gasteiger charge is 2.12. The molecule has 0 unspecified atom stereocenters. The van der Waals surface area contributed by atoms with Crippen LogP contribution in [0.25, 0.3) is 0 Å². The summed E-state index contributed by atoms with van der Waals surface area (Å²) < 4.78 is 37.9. The van der Waals surface area contributed by atoms with Crippen LogP contribution in [0.1, 0.15) is 16.2 Å². The molecule has 1 heterocycles. The quantitative estimate of drug-likeness (QED) is 0.666. The van der Waals surface area contributed by atoms with Crippen LogP contribution in [-0.4, -0.2) is 47.7 Å². The summed E-state index contributed by atoms with van der Waals surface area (Å²) in [7, 11) is -3.59. The number of sulfonamides is 1. The predicted molar refractivity (Wildman–Crippen MR) is 75.1 cm³/mol. The van der Waals surface area contributed by atoms with Crippen molar-refractivity contribution in [1.29, 1.82) is 0 Å².